The van der Waals surface area contributed by atoms with Crippen LogP contribution in [0.2, 0.25) is 0 Å². The van der Waals surface area contributed by atoms with Gasteiger partial charge in [-0.15, -0.1) is 11.3 Å². The number of carboxylic acids is 1. The maximum Gasteiger partial charge on any atom is 0.328 e. The number of aliphatic carboxylic acids is 1. The molecule has 80 valence electrons. The third-order valence-electron chi connectivity index (χ3n) is 1.77. The molecule has 1 aromatic rings. The zero-order chi connectivity index (χ0) is 11.3. The van der Waals surface area contributed by atoms with Crippen molar-refractivity contribution in [2.24, 2.45) is 0 Å². The summed E-state index contributed by atoms with van der Waals surface area (Å²) < 4.78 is 0. The summed E-state index contributed by atoms with van der Waals surface area (Å²) in [6.45, 7) is 2.40. The summed E-state index contributed by atoms with van der Waals surface area (Å²) in [6, 6.07) is 1.97. The van der Waals surface area contributed by atoms with E-state index in [2.05, 4.69) is 5.32 Å². The van der Waals surface area contributed by atoms with Crippen LogP contribution in [0.3, 0.4) is 0 Å². The van der Waals surface area contributed by atoms with Gasteiger partial charge in [-0.3, -0.25) is 4.79 Å². The minimum Gasteiger partial charge on any atom is -0.478 e. The van der Waals surface area contributed by atoms with Crippen molar-refractivity contribution in [1.29, 1.82) is 0 Å². The molecular weight excluding hydrogens is 214 g/mol. The second kappa shape index (κ2) is 5.31. The molecule has 0 unspecified atom stereocenters. The molecule has 4 nitrogen and oxygen atoms in total. The Morgan fingerprint density at radius 2 is 2.27 bits per heavy atom. The number of aryl methyl sites for hydroxylation is 1. The standard InChI is InChI=1S/C10H11NO3S/c1-7-4-5-15-8(7)6-11-9(12)2-3-10(13)14/h2-5H,6H2,1H3,(H,11,12)(H,13,14). The second-order valence-electron chi connectivity index (χ2n) is 2.92. The van der Waals surface area contributed by atoms with Crippen LogP contribution in [0.1, 0.15) is 10.4 Å². The highest BCUT2D eigenvalue weighted by atomic mass is 32.1. The first-order chi connectivity index (χ1) is 7.09. The quantitative estimate of drug-likeness (QED) is 0.759. The highest BCUT2D eigenvalue weighted by Gasteiger charge is 2.01. The van der Waals surface area contributed by atoms with E-state index in [1.165, 1.54) is 0 Å². The third-order valence-corrected chi connectivity index (χ3v) is 2.79. The highest BCUT2D eigenvalue weighted by Crippen LogP contribution is 2.14. The van der Waals surface area contributed by atoms with Crippen LogP contribution in [0.4, 0.5) is 0 Å². The van der Waals surface area contributed by atoms with E-state index in [4.69, 9.17) is 5.11 Å². The van der Waals surface area contributed by atoms with E-state index in [1.807, 2.05) is 18.4 Å². The number of nitrogens with one attached hydrogen (secondary N) is 1. The number of rotatable bonds is 4. The van der Waals surface area contributed by atoms with Crippen LogP contribution in [0, 0.1) is 6.92 Å². The van der Waals surface area contributed by atoms with Gasteiger partial charge in [0.2, 0.25) is 5.91 Å². The first-order valence-electron chi connectivity index (χ1n) is 4.31. The van der Waals surface area contributed by atoms with Crippen molar-refractivity contribution < 1.29 is 14.7 Å². The molecule has 0 bridgehead atoms. The Balaban J connectivity index is 2.41. The van der Waals surface area contributed by atoms with Crippen molar-refractivity contribution in [2.75, 3.05) is 0 Å². The van der Waals surface area contributed by atoms with Crippen LogP contribution in [-0.4, -0.2) is 17.0 Å². The van der Waals surface area contributed by atoms with Crippen LogP contribution < -0.4 is 5.32 Å². The highest BCUT2D eigenvalue weighted by molar-refractivity contribution is 7.10. The number of amides is 1. The van der Waals surface area contributed by atoms with Gasteiger partial charge in [-0.25, -0.2) is 4.79 Å². The van der Waals surface area contributed by atoms with Crippen molar-refractivity contribution in [2.45, 2.75) is 13.5 Å². The fourth-order valence-corrected chi connectivity index (χ4v) is 1.80. The van der Waals surface area contributed by atoms with E-state index in [9.17, 15) is 9.59 Å². The first-order valence-corrected chi connectivity index (χ1v) is 5.19. The number of carbonyl (C=O) groups is 2. The number of carbonyl (C=O) groups excluding carboxylic acids is 1. The molecule has 0 saturated heterocycles. The van der Waals surface area contributed by atoms with E-state index in [0.29, 0.717) is 6.54 Å². The Kier molecular flexibility index (Phi) is 4.05. The van der Waals surface area contributed by atoms with Gasteiger partial charge in [0.1, 0.15) is 0 Å². The smallest absolute Gasteiger partial charge is 0.328 e. The van der Waals surface area contributed by atoms with Gasteiger partial charge in [-0.1, -0.05) is 0 Å². The average molecular weight is 225 g/mol. The lowest BCUT2D eigenvalue weighted by Gasteiger charge is -2.00. The summed E-state index contributed by atoms with van der Waals surface area (Å²) >= 11 is 1.56. The van der Waals surface area contributed by atoms with E-state index >= 15 is 0 Å². The predicted octanol–water partition coefficient (Wildman–Crippen LogP) is 1.31. The van der Waals surface area contributed by atoms with Crippen LogP contribution in [-0.2, 0) is 16.1 Å². The Morgan fingerprint density at radius 1 is 1.53 bits per heavy atom. The lowest BCUT2D eigenvalue weighted by Crippen LogP contribution is -2.20. The summed E-state index contributed by atoms with van der Waals surface area (Å²) in [6.07, 6.45) is 1.82. The average Bonchev–Trinajstić information content (AvgIpc) is 2.58. The van der Waals surface area contributed by atoms with Crippen LogP contribution >= 0.6 is 11.3 Å². The SMILES string of the molecule is Cc1ccsc1CNC(=O)C=CC(=O)O. The van der Waals surface area contributed by atoms with Crippen molar-refractivity contribution in [3.05, 3.63) is 34.0 Å². The Bertz CT molecular complexity index is 395. The summed E-state index contributed by atoms with van der Waals surface area (Å²) in [5.74, 6) is -1.53. The molecule has 5 heteroatoms. The van der Waals surface area contributed by atoms with Crippen LogP contribution in [0.15, 0.2) is 23.6 Å². The Labute approximate surface area is 91.2 Å². The largest absolute Gasteiger partial charge is 0.478 e. The molecule has 0 radical (unpaired) electrons. The lowest BCUT2D eigenvalue weighted by atomic mass is 10.3. The molecule has 0 aliphatic carbocycles. The van der Waals surface area contributed by atoms with Gasteiger partial charge in [-0.05, 0) is 23.9 Å². The van der Waals surface area contributed by atoms with Gasteiger partial charge < -0.3 is 10.4 Å². The summed E-state index contributed by atoms with van der Waals surface area (Å²) in [5.41, 5.74) is 1.13. The Morgan fingerprint density at radius 3 is 2.80 bits per heavy atom. The first kappa shape index (κ1) is 11.5. The molecule has 1 rings (SSSR count). The number of hydrogen-bond acceptors (Lipinski definition) is 3. The third kappa shape index (κ3) is 3.95. The Hall–Kier alpha value is -1.62. The minimum atomic E-state index is -1.13. The molecule has 0 atom stereocenters. The summed E-state index contributed by atoms with van der Waals surface area (Å²) in [4.78, 5) is 22.3. The summed E-state index contributed by atoms with van der Waals surface area (Å²) in [5, 5.41) is 12.8. The molecule has 1 heterocycles. The molecule has 2 N–H and O–H groups in total. The topological polar surface area (TPSA) is 66.4 Å². The van der Waals surface area contributed by atoms with Gasteiger partial charge >= 0.3 is 5.97 Å². The summed E-state index contributed by atoms with van der Waals surface area (Å²) in [7, 11) is 0. The molecule has 1 amide bonds. The van der Waals surface area contributed by atoms with Gasteiger partial charge in [-0.2, -0.15) is 0 Å². The maximum absolute atomic E-state index is 11.1. The van der Waals surface area contributed by atoms with Crippen LogP contribution in [0.25, 0.3) is 0 Å². The molecule has 0 spiro atoms. The van der Waals surface area contributed by atoms with Crippen molar-refractivity contribution >= 4 is 23.2 Å². The molecule has 1 aromatic heterocycles. The normalized spacial score (nSPS) is 10.5. The van der Waals surface area contributed by atoms with Crippen molar-refractivity contribution in [1.82, 2.24) is 5.32 Å². The molecule has 0 aliphatic heterocycles. The molecule has 0 saturated carbocycles. The number of thiophene rings is 1. The number of carboxylic acid groups (broad SMARTS) is 1. The molecule has 15 heavy (non-hydrogen) atoms. The predicted molar refractivity (Wildman–Crippen MR) is 57.7 cm³/mol. The van der Waals surface area contributed by atoms with Gasteiger partial charge in [0, 0.05) is 17.0 Å². The van der Waals surface area contributed by atoms with Crippen molar-refractivity contribution in [3.8, 4) is 0 Å². The van der Waals surface area contributed by atoms with E-state index < -0.39 is 11.9 Å². The monoisotopic (exact) mass is 225 g/mol. The zero-order valence-electron chi connectivity index (χ0n) is 8.19. The molecular formula is C10H11NO3S. The van der Waals surface area contributed by atoms with E-state index in [1.54, 1.807) is 11.3 Å². The number of hydrogen-bond donors (Lipinski definition) is 2. The van der Waals surface area contributed by atoms with Gasteiger partial charge in [0.15, 0.2) is 0 Å². The molecule has 0 aromatic carbocycles. The van der Waals surface area contributed by atoms with E-state index in [0.717, 1.165) is 22.6 Å². The maximum atomic E-state index is 11.1. The van der Waals surface area contributed by atoms with Gasteiger partial charge in [0.05, 0.1) is 6.54 Å². The van der Waals surface area contributed by atoms with Crippen LogP contribution in [0.5, 0.6) is 0 Å². The fourth-order valence-electron chi connectivity index (χ4n) is 0.958. The van der Waals surface area contributed by atoms with E-state index in [-0.39, 0.29) is 0 Å². The zero-order valence-corrected chi connectivity index (χ0v) is 9.00. The minimum absolute atomic E-state index is 0.398. The second-order valence-corrected chi connectivity index (χ2v) is 3.92. The molecule has 0 fully saturated rings. The molecule has 0 aliphatic rings. The fraction of sp³-hybridized carbons (Fsp3) is 0.200. The lowest BCUT2D eigenvalue weighted by molar-refractivity contribution is -0.131. The van der Waals surface area contributed by atoms with Gasteiger partial charge in [0.25, 0.3) is 0 Å². The van der Waals surface area contributed by atoms with Crippen molar-refractivity contribution in [3.63, 3.8) is 0 Å².